The molecule has 144 valence electrons. The van der Waals surface area contributed by atoms with E-state index >= 15 is 0 Å². The fourth-order valence-corrected chi connectivity index (χ4v) is 3.20. The number of anilines is 2. The van der Waals surface area contributed by atoms with Gasteiger partial charge in [0.15, 0.2) is 0 Å². The minimum Gasteiger partial charge on any atom is -0.325 e. The highest BCUT2D eigenvalue weighted by Crippen LogP contribution is 2.32. The van der Waals surface area contributed by atoms with Gasteiger partial charge in [0, 0.05) is 16.9 Å². The molecule has 1 N–H and O–H groups in total. The summed E-state index contributed by atoms with van der Waals surface area (Å²) < 4.78 is 0. The molecule has 6 nitrogen and oxygen atoms in total. The highest BCUT2D eigenvalue weighted by Gasteiger charge is 2.26. The summed E-state index contributed by atoms with van der Waals surface area (Å²) in [7, 11) is 0. The molecular weight excluding hydrogens is 388 g/mol. The maximum Gasteiger partial charge on any atom is 0.244 e. The fourth-order valence-electron chi connectivity index (χ4n) is 3.08. The predicted octanol–water partition coefficient (Wildman–Crippen LogP) is 4.23. The summed E-state index contributed by atoms with van der Waals surface area (Å²) in [5.74, 6) is -0.526. The van der Waals surface area contributed by atoms with Gasteiger partial charge in [0.25, 0.3) is 0 Å². The van der Waals surface area contributed by atoms with Gasteiger partial charge in [-0.25, -0.2) is 4.99 Å². The van der Waals surface area contributed by atoms with Crippen molar-refractivity contribution < 1.29 is 9.59 Å². The topological polar surface area (TPSA) is 74.7 Å². The third-order valence-corrected chi connectivity index (χ3v) is 4.69. The van der Waals surface area contributed by atoms with Gasteiger partial charge >= 0.3 is 0 Å². The summed E-state index contributed by atoms with van der Waals surface area (Å²) >= 11 is 5.88. The number of carbonyl (C=O) groups excluding carboxylic acids is 2. The second-order valence-electron chi connectivity index (χ2n) is 6.47. The number of para-hydroxylation sites is 2. The molecule has 0 unspecified atom stereocenters. The normalized spacial score (nSPS) is 13.3. The van der Waals surface area contributed by atoms with Crippen molar-refractivity contribution in [2.24, 2.45) is 4.99 Å². The maximum atomic E-state index is 13.0. The van der Waals surface area contributed by atoms with Crippen LogP contribution in [0.3, 0.4) is 0 Å². The van der Waals surface area contributed by atoms with Crippen molar-refractivity contribution in [2.75, 3.05) is 16.8 Å². The van der Waals surface area contributed by atoms with Crippen LogP contribution in [-0.2, 0) is 9.59 Å². The van der Waals surface area contributed by atoms with Crippen LogP contribution in [0.2, 0.25) is 5.02 Å². The molecule has 4 rings (SSSR count). The smallest absolute Gasteiger partial charge is 0.244 e. The van der Waals surface area contributed by atoms with Gasteiger partial charge in [-0.1, -0.05) is 29.8 Å². The molecule has 0 saturated carbocycles. The molecular formula is C22H17ClN4O2. The molecule has 0 fully saturated rings. The molecule has 0 atom stereocenters. The molecule has 0 bridgehead atoms. The van der Waals surface area contributed by atoms with E-state index in [0.717, 1.165) is 0 Å². The van der Waals surface area contributed by atoms with Crippen molar-refractivity contribution >= 4 is 46.2 Å². The Hall–Kier alpha value is -3.51. The first-order chi connectivity index (χ1) is 14.1. The van der Waals surface area contributed by atoms with Crippen LogP contribution in [0.25, 0.3) is 0 Å². The van der Waals surface area contributed by atoms with E-state index in [2.05, 4.69) is 15.3 Å². The second-order valence-corrected chi connectivity index (χ2v) is 6.91. The number of nitrogens with zero attached hydrogens (tertiary/aromatic N) is 3. The third kappa shape index (κ3) is 4.33. The monoisotopic (exact) mass is 404 g/mol. The number of benzene rings is 2. The summed E-state index contributed by atoms with van der Waals surface area (Å²) in [5, 5.41) is 3.37. The van der Waals surface area contributed by atoms with Gasteiger partial charge in [0.1, 0.15) is 6.54 Å². The van der Waals surface area contributed by atoms with Crippen molar-refractivity contribution in [3.05, 3.63) is 83.6 Å². The van der Waals surface area contributed by atoms with Gasteiger partial charge in [0.05, 0.1) is 29.2 Å². The molecule has 7 heteroatoms. The standard InChI is InChI=1S/C22H17ClN4O2/c23-15-8-10-16(11-9-15)25-21(28)14-27-20-7-2-1-6-18(20)26-19(13-22(27)29)17-5-3-4-12-24-17/h1-12H,13-14H2,(H,25,28). The van der Waals surface area contributed by atoms with Crippen LogP contribution in [0.5, 0.6) is 0 Å². The van der Waals surface area contributed by atoms with E-state index in [0.29, 0.717) is 33.5 Å². The first kappa shape index (κ1) is 18.8. The van der Waals surface area contributed by atoms with Crippen LogP contribution in [0, 0.1) is 0 Å². The van der Waals surface area contributed by atoms with Crippen molar-refractivity contribution in [1.82, 2.24) is 4.98 Å². The SMILES string of the molecule is O=C(CN1C(=O)CC(c2ccccn2)=Nc2ccccc21)Nc1ccc(Cl)cc1. The summed E-state index contributed by atoms with van der Waals surface area (Å²) in [6.45, 7) is -0.122. The summed E-state index contributed by atoms with van der Waals surface area (Å²) in [6, 6.07) is 19.5. The highest BCUT2D eigenvalue weighted by molar-refractivity contribution is 6.30. The van der Waals surface area contributed by atoms with Crippen molar-refractivity contribution in [1.29, 1.82) is 0 Å². The Morgan fingerprint density at radius 1 is 1.03 bits per heavy atom. The first-order valence-electron chi connectivity index (χ1n) is 9.04. The van der Waals surface area contributed by atoms with Crippen LogP contribution >= 0.6 is 11.6 Å². The minimum atomic E-state index is -0.309. The second kappa shape index (κ2) is 8.24. The zero-order valence-electron chi connectivity index (χ0n) is 15.4. The van der Waals surface area contributed by atoms with E-state index in [1.807, 2.05) is 36.4 Å². The third-order valence-electron chi connectivity index (χ3n) is 4.44. The van der Waals surface area contributed by atoms with Gasteiger partial charge in [-0.15, -0.1) is 0 Å². The van der Waals surface area contributed by atoms with E-state index in [9.17, 15) is 9.59 Å². The number of aliphatic imine (C=N–C) groups is 1. The maximum absolute atomic E-state index is 13.0. The number of pyridine rings is 1. The lowest BCUT2D eigenvalue weighted by Crippen LogP contribution is -2.38. The zero-order chi connectivity index (χ0) is 20.2. The summed E-state index contributed by atoms with van der Waals surface area (Å²) in [6.07, 6.45) is 1.72. The molecule has 0 spiro atoms. The van der Waals surface area contributed by atoms with Crippen LogP contribution in [0.1, 0.15) is 12.1 Å². The van der Waals surface area contributed by atoms with Crippen LogP contribution < -0.4 is 10.2 Å². The zero-order valence-corrected chi connectivity index (χ0v) is 16.1. The van der Waals surface area contributed by atoms with Crippen molar-refractivity contribution in [3.8, 4) is 0 Å². The molecule has 0 saturated heterocycles. The quantitative estimate of drug-likeness (QED) is 0.707. The number of hydrogen-bond acceptors (Lipinski definition) is 4. The number of nitrogens with one attached hydrogen (secondary N) is 1. The molecule has 2 amide bonds. The minimum absolute atomic E-state index is 0.0555. The lowest BCUT2D eigenvalue weighted by atomic mass is 10.1. The average Bonchev–Trinajstić information content (AvgIpc) is 2.87. The van der Waals surface area contributed by atoms with Gasteiger partial charge in [-0.2, -0.15) is 0 Å². The van der Waals surface area contributed by atoms with E-state index in [1.165, 1.54) is 4.90 Å². The number of carbonyl (C=O) groups is 2. The Balaban J connectivity index is 1.60. The Bertz CT molecular complexity index is 1080. The summed E-state index contributed by atoms with van der Waals surface area (Å²) in [5.41, 5.74) is 3.04. The highest BCUT2D eigenvalue weighted by atomic mass is 35.5. The molecule has 1 aliphatic rings. The van der Waals surface area contributed by atoms with Gasteiger partial charge in [-0.3, -0.25) is 14.6 Å². The number of fused-ring (bicyclic) bond motifs is 1. The predicted molar refractivity (Wildman–Crippen MR) is 114 cm³/mol. The average molecular weight is 405 g/mol. The Morgan fingerprint density at radius 2 is 1.79 bits per heavy atom. The van der Waals surface area contributed by atoms with Gasteiger partial charge in [0.2, 0.25) is 11.8 Å². The molecule has 2 heterocycles. The van der Waals surface area contributed by atoms with Crippen LogP contribution in [0.15, 0.2) is 77.9 Å². The Morgan fingerprint density at radius 3 is 2.55 bits per heavy atom. The van der Waals surface area contributed by atoms with E-state index in [4.69, 9.17) is 11.6 Å². The molecule has 0 aliphatic carbocycles. The lowest BCUT2D eigenvalue weighted by molar-refractivity contribution is -0.120. The summed E-state index contributed by atoms with van der Waals surface area (Å²) in [4.78, 5) is 36.0. The number of amides is 2. The lowest BCUT2D eigenvalue weighted by Gasteiger charge is -2.21. The molecule has 3 aromatic rings. The molecule has 29 heavy (non-hydrogen) atoms. The Labute approximate surface area is 172 Å². The largest absolute Gasteiger partial charge is 0.325 e. The van der Waals surface area contributed by atoms with Crippen molar-refractivity contribution in [2.45, 2.75) is 6.42 Å². The van der Waals surface area contributed by atoms with E-state index in [-0.39, 0.29) is 24.8 Å². The molecule has 0 radical (unpaired) electrons. The van der Waals surface area contributed by atoms with Gasteiger partial charge in [-0.05, 0) is 48.5 Å². The number of hydrogen-bond donors (Lipinski definition) is 1. The number of halogens is 1. The number of aromatic nitrogens is 1. The van der Waals surface area contributed by atoms with Crippen LogP contribution in [0.4, 0.5) is 17.1 Å². The number of rotatable bonds is 4. The van der Waals surface area contributed by atoms with Crippen molar-refractivity contribution in [3.63, 3.8) is 0 Å². The molecule has 1 aromatic heterocycles. The molecule has 2 aromatic carbocycles. The van der Waals surface area contributed by atoms with E-state index in [1.54, 1.807) is 36.5 Å². The first-order valence-corrected chi connectivity index (χ1v) is 9.42. The van der Waals surface area contributed by atoms with Gasteiger partial charge < -0.3 is 10.2 Å². The van der Waals surface area contributed by atoms with Crippen LogP contribution in [-0.4, -0.2) is 29.1 Å². The Kier molecular flexibility index (Phi) is 5.35. The van der Waals surface area contributed by atoms with E-state index < -0.39 is 0 Å². The fraction of sp³-hybridized carbons (Fsp3) is 0.0909. The molecule has 1 aliphatic heterocycles.